The molecule has 1 aliphatic rings. The Labute approximate surface area is 229 Å². The summed E-state index contributed by atoms with van der Waals surface area (Å²) in [5.41, 5.74) is 5.12. The van der Waals surface area contributed by atoms with Crippen molar-refractivity contribution in [1.82, 2.24) is 0 Å². The molecule has 1 saturated heterocycles. The molecule has 5 rings (SSSR count). The molecule has 192 valence electrons. The monoisotopic (exact) mass is 574 g/mol. The quantitative estimate of drug-likeness (QED) is 0.209. The molecule has 4 heteroatoms. The van der Waals surface area contributed by atoms with Gasteiger partial charge in [-0.15, -0.1) is 0 Å². The van der Waals surface area contributed by atoms with Gasteiger partial charge in [0.15, 0.2) is 0 Å². The van der Waals surface area contributed by atoms with Crippen molar-refractivity contribution in [3.05, 3.63) is 119 Å². The van der Waals surface area contributed by atoms with E-state index in [0.717, 1.165) is 37.8 Å². The molecular weight excluding hydrogens is 539 g/mol. The van der Waals surface area contributed by atoms with Gasteiger partial charge in [-0.2, -0.15) is 0 Å². The zero-order valence-corrected chi connectivity index (χ0v) is 24.5. The van der Waals surface area contributed by atoms with Crippen LogP contribution in [0.3, 0.4) is 0 Å². The summed E-state index contributed by atoms with van der Waals surface area (Å²) >= 11 is 4.62. The van der Waals surface area contributed by atoms with E-state index in [9.17, 15) is 0 Å². The zero-order chi connectivity index (χ0) is 25.9. The van der Waals surface area contributed by atoms with E-state index >= 15 is 0 Å². The van der Waals surface area contributed by atoms with E-state index in [0.29, 0.717) is 0 Å². The average molecular weight is 576 g/mol. The van der Waals surface area contributed by atoms with Crippen LogP contribution in [0.4, 0.5) is 0 Å². The minimum absolute atomic E-state index is 0.148. The molecule has 1 fully saturated rings. The van der Waals surface area contributed by atoms with Crippen LogP contribution in [0, 0.1) is 20.8 Å². The first-order chi connectivity index (χ1) is 17.9. The zero-order valence-electron chi connectivity index (χ0n) is 22.0. The minimum atomic E-state index is -3.09. The van der Waals surface area contributed by atoms with Crippen LogP contribution in [-0.4, -0.2) is 12.9 Å². The second-order valence-corrected chi connectivity index (χ2v) is 19.1. The Morgan fingerprint density at radius 2 is 1.27 bits per heavy atom. The molecule has 1 atom stereocenters. The van der Waals surface area contributed by atoms with E-state index in [1.807, 2.05) is 0 Å². The van der Waals surface area contributed by atoms with Crippen molar-refractivity contribution in [2.75, 3.05) is 6.61 Å². The van der Waals surface area contributed by atoms with E-state index in [2.05, 4.69) is 133 Å². The normalized spacial score (nSPS) is 17.1. The van der Waals surface area contributed by atoms with Crippen molar-refractivity contribution in [1.29, 1.82) is 0 Å². The molecule has 0 aliphatic carbocycles. The molecule has 0 amide bonds. The Hall–Kier alpha value is -2.45. The van der Waals surface area contributed by atoms with Gasteiger partial charge in [0.1, 0.15) is 0 Å². The second kappa shape index (κ2) is 10.7. The first-order valence-electron chi connectivity index (χ1n) is 13.2. The standard InChI is InChI=1S/C33H36BrO2P/c1-25-23-32(36-33-21-13-14-22-35-33)27(3)26(2)31(25)24-37(34,28-15-7-4-8-16-28,29-17-9-5-10-18-29)30-19-11-6-12-20-30/h4-12,15-20,23,33H,13-14,21-22,24H2,1-3H3. The first-order valence-corrected chi connectivity index (χ1v) is 17.6. The number of halogens is 1. The van der Waals surface area contributed by atoms with Crippen molar-refractivity contribution < 1.29 is 9.47 Å². The molecule has 4 aromatic carbocycles. The van der Waals surface area contributed by atoms with Crippen molar-refractivity contribution in [2.45, 2.75) is 52.5 Å². The first kappa shape index (κ1) is 26.2. The molecule has 37 heavy (non-hydrogen) atoms. The summed E-state index contributed by atoms with van der Waals surface area (Å²) < 4.78 is 12.3. The van der Waals surface area contributed by atoms with Crippen molar-refractivity contribution in [3.63, 3.8) is 0 Å². The van der Waals surface area contributed by atoms with Crippen LogP contribution >= 0.6 is 20.8 Å². The van der Waals surface area contributed by atoms with Gasteiger partial charge in [-0.3, -0.25) is 0 Å². The van der Waals surface area contributed by atoms with Gasteiger partial charge in [0.2, 0.25) is 0 Å². The number of hydrogen-bond donors (Lipinski definition) is 0. The Bertz CT molecular complexity index is 1250. The van der Waals surface area contributed by atoms with Gasteiger partial charge in [-0.05, 0) is 0 Å². The van der Waals surface area contributed by atoms with Gasteiger partial charge >= 0.3 is 230 Å². The van der Waals surface area contributed by atoms with E-state index in [-0.39, 0.29) is 6.29 Å². The molecule has 1 heterocycles. The number of benzene rings is 4. The predicted molar refractivity (Wildman–Crippen MR) is 163 cm³/mol. The summed E-state index contributed by atoms with van der Waals surface area (Å²) in [5.74, 6) is 0.944. The van der Waals surface area contributed by atoms with Crippen LogP contribution in [0.2, 0.25) is 0 Å². The van der Waals surface area contributed by atoms with Crippen molar-refractivity contribution in [3.8, 4) is 5.75 Å². The fourth-order valence-corrected chi connectivity index (χ4v) is 13.4. The summed E-state index contributed by atoms with van der Waals surface area (Å²) in [6.07, 6.45) is 3.96. The van der Waals surface area contributed by atoms with Gasteiger partial charge in [-0.25, -0.2) is 0 Å². The predicted octanol–water partition coefficient (Wildman–Crippen LogP) is 7.86. The van der Waals surface area contributed by atoms with Crippen LogP contribution in [0.15, 0.2) is 97.1 Å². The van der Waals surface area contributed by atoms with Gasteiger partial charge in [0.25, 0.3) is 0 Å². The van der Waals surface area contributed by atoms with Crippen LogP contribution in [0.1, 0.15) is 41.5 Å². The molecule has 0 saturated carbocycles. The maximum atomic E-state index is 6.39. The van der Waals surface area contributed by atoms with Crippen LogP contribution < -0.4 is 20.7 Å². The molecule has 2 nitrogen and oxygen atoms in total. The van der Waals surface area contributed by atoms with Gasteiger partial charge in [-0.1, -0.05) is 0 Å². The summed E-state index contributed by atoms with van der Waals surface area (Å²) in [5, 5.41) is 0.908. The fraction of sp³-hybridized carbons (Fsp3) is 0.273. The Morgan fingerprint density at radius 1 is 0.757 bits per heavy atom. The third-order valence-electron chi connectivity index (χ3n) is 7.94. The summed E-state index contributed by atoms with van der Waals surface area (Å²) in [7, 11) is 0. The molecule has 0 spiro atoms. The molecule has 0 radical (unpaired) electrons. The molecule has 1 aliphatic heterocycles. The number of aryl methyl sites for hydroxylation is 1. The topological polar surface area (TPSA) is 18.5 Å². The fourth-order valence-electron chi connectivity index (χ4n) is 5.64. The summed E-state index contributed by atoms with van der Waals surface area (Å²) in [6, 6.07) is 35.3. The Balaban J connectivity index is 1.71. The van der Waals surface area contributed by atoms with E-state index in [1.165, 1.54) is 38.2 Å². The van der Waals surface area contributed by atoms with Crippen molar-refractivity contribution in [2.24, 2.45) is 0 Å². The number of hydrogen-bond acceptors (Lipinski definition) is 2. The molecule has 0 bridgehead atoms. The third kappa shape index (κ3) is 4.78. The summed E-state index contributed by atoms with van der Waals surface area (Å²) in [6.45, 7) is 7.45. The van der Waals surface area contributed by atoms with Crippen molar-refractivity contribution >= 4 is 36.7 Å². The van der Waals surface area contributed by atoms with E-state index in [4.69, 9.17) is 9.47 Å². The van der Waals surface area contributed by atoms with Gasteiger partial charge in [0.05, 0.1) is 0 Å². The average Bonchev–Trinajstić information content (AvgIpc) is 2.96. The second-order valence-electron chi connectivity index (χ2n) is 10.2. The third-order valence-corrected chi connectivity index (χ3v) is 17.4. The number of rotatable bonds is 7. The molecule has 4 aromatic rings. The van der Waals surface area contributed by atoms with E-state index < -0.39 is 5.31 Å². The SMILES string of the molecule is Cc1cc(OC2CCCCO2)c(C)c(C)c1CP(Br)(c1ccccc1)(c1ccccc1)c1ccccc1. The Morgan fingerprint density at radius 3 is 1.73 bits per heavy atom. The van der Waals surface area contributed by atoms with Gasteiger partial charge in [0, 0.05) is 0 Å². The van der Waals surface area contributed by atoms with Gasteiger partial charge < -0.3 is 0 Å². The van der Waals surface area contributed by atoms with Crippen LogP contribution in [-0.2, 0) is 10.9 Å². The Kier molecular flexibility index (Phi) is 7.59. The number of ether oxygens (including phenoxy) is 2. The van der Waals surface area contributed by atoms with Crippen LogP contribution in [0.25, 0.3) is 0 Å². The van der Waals surface area contributed by atoms with E-state index in [1.54, 1.807) is 0 Å². The molecule has 1 unspecified atom stereocenters. The molecule has 0 aromatic heterocycles. The molecular formula is C33H36BrO2P. The van der Waals surface area contributed by atoms with Crippen LogP contribution in [0.5, 0.6) is 5.75 Å². The summed E-state index contributed by atoms with van der Waals surface area (Å²) in [4.78, 5) is 0. The molecule has 0 N–H and O–H groups in total. The maximum absolute atomic E-state index is 6.39.